The van der Waals surface area contributed by atoms with Gasteiger partial charge in [0.25, 0.3) is 9.05 Å². The molecule has 5 nitrogen and oxygen atoms in total. The van der Waals surface area contributed by atoms with Crippen molar-refractivity contribution in [3.8, 4) is 0 Å². The van der Waals surface area contributed by atoms with Crippen LogP contribution in [0.25, 0.3) is 10.9 Å². The van der Waals surface area contributed by atoms with Gasteiger partial charge in [0.15, 0.2) is 0 Å². The van der Waals surface area contributed by atoms with E-state index < -0.39 is 14.9 Å². The lowest BCUT2D eigenvalue weighted by Crippen LogP contribution is -2.23. The van der Waals surface area contributed by atoms with E-state index in [2.05, 4.69) is 5.32 Å². The van der Waals surface area contributed by atoms with Gasteiger partial charge in [-0.2, -0.15) is 0 Å². The van der Waals surface area contributed by atoms with Crippen molar-refractivity contribution in [1.82, 2.24) is 9.88 Å². The summed E-state index contributed by atoms with van der Waals surface area (Å²) in [5, 5.41) is 2.59. The number of aromatic nitrogens is 1. The molecule has 2 aromatic rings. The van der Waals surface area contributed by atoms with Crippen LogP contribution in [-0.2, 0) is 20.4 Å². The van der Waals surface area contributed by atoms with Crippen LogP contribution in [0.15, 0.2) is 29.3 Å². The lowest BCUT2D eigenvalue weighted by atomic mass is 10.2. The van der Waals surface area contributed by atoms with Gasteiger partial charge in [0.05, 0.1) is 10.9 Å². The molecule has 0 saturated heterocycles. The number of fused-ring (bicyclic) bond motifs is 1. The van der Waals surface area contributed by atoms with Gasteiger partial charge in [-0.3, -0.25) is 4.79 Å². The van der Waals surface area contributed by atoms with E-state index in [1.165, 1.54) is 22.9 Å². The first kappa shape index (κ1) is 15.8. The van der Waals surface area contributed by atoms with E-state index in [9.17, 15) is 17.6 Å². The Kier molecular flexibility index (Phi) is 4.53. The normalized spacial score (nSPS) is 11.8. The Morgan fingerprint density at radius 3 is 2.76 bits per heavy atom. The number of nitrogens with one attached hydrogen (secondary N) is 1. The molecule has 0 aliphatic carbocycles. The third-order valence-electron chi connectivity index (χ3n) is 3.04. The number of carbonyl (C=O) groups is 1. The Morgan fingerprint density at radius 1 is 1.43 bits per heavy atom. The van der Waals surface area contributed by atoms with Crippen molar-refractivity contribution < 1.29 is 17.6 Å². The van der Waals surface area contributed by atoms with Crippen LogP contribution >= 0.6 is 10.7 Å². The number of rotatable bonds is 5. The molecule has 0 bridgehead atoms. The Balaban J connectivity index is 2.46. The highest BCUT2D eigenvalue weighted by atomic mass is 35.7. The van der Waals surface area contributed by atoms with Crippen molar-refractivity contribution in [1.29, 1.82) is 0 Å². The molecule has 1 aromatic heterocycles. The molecule has 1 N–H and O–H groups in total. The van der Waals surface area contributed by atoms with Gasteiger partial charge in [0.1, 0.15) is 10.7 Å². The van der Waals surface area contributed by atoms with Crippen molar-refractivity contribution >= 4 is 36.5 Å². The summed E-state index contributed by atoms with van der Waals surface area (Å²) in [6.07, 6.45) is 1.42. The topological polar surface area (TPSA) is 68.2 Å². The van der Waals surface area contributed by atoms with E-state index in [4.69, 9.17) is 10.7 Å². The minimum Gasteiger partial charge on any atom is -0.356 e. The second-order valence-corrected chi connectivity index (χ2v) is 7.00. The van der Waals surface area contributed by atoms with Gasteiger partial charge >= 0.3 is 0 Å². The zero-order chi connectivity index (χ0) is 15.6. The predicted octanol–water partition coefficient (Wildman–Crippen LogP) is 2.23. The Labute approximate surface area is 126 Å². The Morgan fingerprint density at radius 2 is 2.14 bits per heavy atom. The van der Waals surface area contributed by atoms with E-state index in [0.717, 1.165) is 0 Å². The van der Waals surface area contributed by atoms with Crippen LogP contribution in [-0.4, -0.2) is 25.4 Å². The number of carbonyl (C=O) groups excluding carboxylic acids is 1. The van der Waals surface area contributed by atoms with Gasteiger partial charge < -0.3 is 9.88 Å². The predicted molar refractivity (Wildman–Crippen MR) is 78.2 cm³/mol. The van der Waals surface area contributed by atoms with Gasteiger partial charge in [0, 0.05) is 36.4 Å². The summed E-state index contributed by atoms with van der Waals surface area (Å²) in [6.45, 7) is 2.55. The lowest BCUT2D eigenvalue weighted by Gasteiger charge is -2.05. The maximum Gasteiger partial charge on any atom is 0.263 e. The smallest absolute Gasteiger partial charge is 0.263 e. The summed E-state index contributed by atoms with van der Waals surface area (Å²) in [4.78, 5) is 11.2. The molecule has 0 spiro atoms. The van der Waals surface area contributed by atoms with Crippen molar-refractivity contribution in [2.45, 2.75) is 24.8 Å². The molecule has 0 fully saturated rings. The van der Waals surface area contributed by atoms with Crippen LogP contribution in [0.4, 0.5) is 4.39 Å². The van der Waals surface area contributed by atoms with Crippen LogP contribution in [0.2, 0.25) is 0 Å². The van der Waals surface area contributed by atoms with Crippen LogP contribution in [0.1, 0.15) is 13.3 Å². The molecule has 1 aromatic carbocycles. The number of hydrogen-bond donors (Lipinski definition) is 1. The van der Waals surface area contributed by atoms with E-state index in [0.29, 0.717) is 12.1 Å². The lowest BCUT2D eigenvalue weighted by molar-refractivity contribution is -0.121. The molecule has 0 saturated carbocycles. The highest BCUT2D eigenvalue weighted by Gasteiger charge is 2.21. The van der Waals surface area contributed by atoms with Crippen molar-refractivity contribution in [3.63, 3.8) is 0 Å². The first-order valence-electron chi connectivity index (χ1n) is 6.33. The van der Waals surface area contributed by atoms with Crippen LogP contribution in [0.3, 0.4) is 0 Å². The number of halogens is 2. The highest BCUT2D eigenvalue weighted by Crippen LogP contribution is 2.30. The maximum atomic E-state index is 13.9. The van der Waals surface area contributed by atoms with Crippen LogP contribution in [0, 0.1) is 5.82 Å². The molecule has 0 unspecified atom stereocenters. The molecule has 0 radical (unpaired) electrons. The first-order chi connectivity index (χ1) is 9.84. The van der Waals surface area contributed by atoms with E-state index in [-0.39, 0.29) is 29.2 Å². The molecule has 114 valence electrons. The van der Waals surface area contributed by atoms with E-state index >= 15 is 0 Å². The van der Waals surface area contributed by atoms with Gasteiger partial charge in [-0.05, 0) is 19.1 Å². The molecule has 1 amide bonds. The molecule has 8 heteroatoms. The molecule has 1 heterocycles. The minimum absolute atomic E-state index is 0.0524. The number of hydrogen-bond acceptors (Lipinski definition) is 3. The summed E-state index contributed by atoms with van der Waals surface area (Å²) in [7, 11) is 1.28. The first-order valence-corrected chi connectivity index (χ1v) is 8.64. The number of benzene rings is 1. The maximum absolute atomic E-state index is 13.9. The second-order valence-electron chi connectivity index (χ2n) is 4.46. The average molecular weight is 333 g/mol. The second kappa shape index (κ2) is 6.03. The minimum atomic E-state index is -4.07. The van der Waals surface area contributed by atoms with Crippen molar-refractivity contribution in [2.75, 3.05) is 6.54 Å². The number of nitrogens with zero attached hydrogens (tertiary/aromatic N) is 1. The quantitative estimate of drug-likeness (QED) is 0.854. The molecular weight excluding hydrogens is 319 g/mol. The summed E-state index contributed by atoms with van der Waals surface area (Å²) in [5.74, 6) is -0.825. The summed E-state index contributed by atoms with van der Waals surface area (Å²) in [6, 6.07) is 4.23. The highest BCUT2D eigenvalue weighted by molar-refractivity contribution is 8.14. The van der Waals surface area contributed by atoms with Crippen molar-refractivity contribution in [3.05, 3.63) is 30.2 Å². The zero-order valence-corrected chi connectivity index (χ0v) is 12.8. The fourth-order valence-corrected chi connectivity index (χ4v) is 3.20. The Bertz CT molecular complexity index is 786. The fourth-order valence-electron chi connectivity index (χ4n) is 2.15. The number of aryl methyl sites for hydroxylation is 1. The van der Waals surface area contributed by atoms with Crippen LogP contribution in [0.5, 0.6) is 0 Å². The van der Waals surface area contributed by atoms with Crippen molar-refractivity contribution in [2.24, 2.45) is 0 Å². The third kappa shape index (κ3) is 3.36. The standard InChI is InChI=1S/C13H14ClFN2O3S/c1-2-16-12(18)6-7-17-8-11(21(14,19)20)13-9(15)4-3-5-10(13)17/h3-5,8H,2,6-7H2,1H3,(H,16,18). The monoisotopic (exact) mass is 332 g/mol. The van der Waals surface area contributed by atoms with Gasteiger partial charge in [-0.1, -0.05) is 6.07 Å². The Hall–Kier alpha value is -1.60. The molecule has 2 rings (SSSR count). The molecular formula is C13H14ClFN2O3S. The number of amides is 1. The molecule has 21 heavy (non-hydrogen) atoms. The van der Waals surface area contributed by atoms with Gasteiger partial charge in [-0.15, -0.1) is 0 Å². The summed E-state index contributed by atoms with van der Waals surface area (Å²) < 4.78 is 38.5. The molecule has 0 atom stereocenters. The zero-order valence-electron chi connectivity index (χ0n) is 11.3. The van der Waals surface area contributed by atoms with Crippen LogP contribution < -0.4 is 5.32 Å². The third-order valence-corrected chi connectivity index (χ3v) is 4.37. The molecule has 0 aliphatic rings. The molecule has 0 aliphatic heterocycles. The average Bonchev–Trinajstić information content (AvgIpc) is 2.77. The summed E-state index contributed by atoms with van der Waals surface area (Å²) in [5.41, 5.74) is 0.388. The van der Waals surface area contributed by atoms with Gasteiger partial charge in [0.2, 0.25) is 5.91 Å². The van der Waals surface area contributed by atoms with E-state index in [1.54, 1.807) is 13.0 Å². The SMILES string of the molecule is CCNC(=O)CCn1cc(S(=O)(=O)Cl)c2c(F)cccc21. The van der Waals surface area contributed by atoms with E-state index in [1.807, 2.05) is 0 Å². The van der Waals surface area contributed by atoms with Gasteiger partial charge in [-0.25, -0.2) is 12.8 Å². The fraction of sp³-hybridized carbons (Fsp3) is 0.308. The summed E-state index contributed by atoms with van der Waals surface area (Å²) >= 11 is 0. The largest absolute Gasteiger partial charge is 0.356 e.